The normalized spacial score (nSPS) is 16.2. The molecule has 0 bridgehead atoms. The molecule has 1 aliphatic heterocycles. The van der Waals surface area contributed by atoms with Gasteiger partial charge in [-0.2, -0.15) is 0 Å². The van der Waals surface area contributed by atoms with E-state index in [0.29, 0.717) is 18.2 Å². The number of aromatic nitrogens is 2. The maximum Gasteiger partial charge on any atom is 0.229 e. The third-order valence-electron chi connectivity index (χ3n) is 5.23. The van der Waals surface area contributed by atoms with E-state index in [2.05, 4.69) is 15.3 Å². The molecule has 1 N–H and O–H groups in total. The number of nitrogens with one attached hydrogen (secondary N) is 1. The molecule has 0 aliphatic carbocycles. The van der Waals surface area contributed by atoms with E-state index in [9.17, 15) is 9.18 Å². The predicted octanol–water partition coefficient (Wildman–Crippen LogP) is 4.15. The predicted molar refractivity (Wildman–Crippen MR) is 114 cm³/mol. The van der Waals surface area contributed by atoms with Crippen LogP contribution in [0.3, 0.4) is 0 Å². The number of halogens is 1. The highest BCUT2D eigenvalue weighted by Gasteiger charge is 2.27. The van der Waals surface area contributed by atoms with Crippen LogP contribution in [0.1, 0.15) is 12.8 Å². The number of methoxy groups -OCH3 is 1. The molecule has 1 aliphatic rings. The number of ether oxygens (including phenoxy) is 1. The van der Waals surface area contributed by atoms with E-state index in [-0.39, 0.29) is 17.6 Å². The lowest BCUT2D eigenvalue weighted by Gasteiger charge is -2.32. The molecule has 6 nitrogen and oxygen atoms in total. The molecule has 0 radical (unpaired) electrons. The van der Waals surface area contributed by atoms with Crippen molar-refractivity contribution in [3.8, 4) is 16.9 Å². The standard InChI is InChI=1S/C23H23FN4O2/c1-30-21-6-2-5-20(12-21)27-22(29)17-4-3-11-28(15-17)23-25-13-18(14-26-23)16-7-9-19(24)10-8-16/h2,5-10,12-14,17H,3-4,11,15H2,1H3,(H,27,29)/t17-/m0/s1. The molecule has 1 amide bonds. The highest BCUT2D eigenvalue weighted by Crippen LogP contribution is 2.24. The molecule has 4 rings (SSSR count). The highest BCUT2D eigenvalue weighted by molar-refractivity contribution is 5.93. The Labute approximate surface area is 174 Å². The van der Waals surface area contributed by atoms with Crippen LogP contribution in [-0.4, -0.2) is 36.1 Å². The zero-order valence-electron chi connectivity index (χ0n) is 16.7. The van der Waals surface area contributed by atoms with Crippen molar-refractivity contribution >= 4 is 17.5 Å². The van der Waals surface area contributed by atoms with Gasteiger partial charge in [0.25, 0.3) is 0 Å². The molecular formula is C23H23FN4O2. The van der Waals surface area contributed by atoms with Gasteiger partial charge >= 0.3 is 0 Å². The number of benzene rings is 2. The Kier molecular flexibility index (Phi) is 5.88. The Morgan fingerprint density at radius 3 is 2.63 bits per heavy atom. The number of hydrogen-bond acceptors (Lipinski definition) is 5. The molecular weight excluding hydrogens is 383 g/mol. The monoisotopic (exact) mass is 406 g/mol. The van der Waals surface area contributed by atoms with Crippen molar-refractivity contribution < 1.29 is 13.9 Å². The van der Waals surface area contributed by atoms with Crippen LogP contribution in [-0.2, 0) is 4.79 Å². The number of hydrogen-bond donors (Lipinski definition) is 1. The molecule has 1 atom stereocenters. The zero-order chi connectivity index (χ0) is 20.9. The van der Waals surface area contributed by atoms with Gasteiger partial charge in [-0.25, -0.2) is 14.4 Å². The molecule has 30 heavy (non-hydrogen) atoms. The third kappa shape index (κ3) is 4.56. The fraction of sp³-hybridized carbons (Fsp3) is 0.261. The van der Waals surface area contributed by atoms with Gasteiger partial charge in [0, 0.05) is 42.8 Å². The van der Waals surface area contributed by atoms with Gasteiger partial charge in [0.1, 0.15) is 11.6 Å². The maximum absolute atomic E-state index is 13.1. The van der Waals surface area contributed by atoms with Gasteiger partial charge in [0.05, 0.1) is 13.0 Å². The van der Waals surface area contributed by atoms with Crippen molar-refractivity contribution in [3.63, 3.8) is 0 Å². The second kappa shape index (κ2) is 8.90. The number of nitrogens with zero attached hydrogens (tertiary/aromatic N) is 3. The van der Waals surface area contributed by atoms with Crippen LogP contribution in [0, 0.1) is 11.7 Å². The third-order valence-corrected chi connectivity index (χ3v) is 5.23. The number of anilines is 2. The summed E-state index contributed by atoms with van der Waals surface area (Å²) < 4.78 is 18.3. The highest BCUT2D eigenvalue weighted by atomic mass is 19.1. The molecule has 0 spiro atoms. The molecule has 1 aromatic heterocycles. The summed E-state index contributed by atoms with van der Waals surface area (Å²) in [6, 6.07) is 13.6. The van der Waals surface area contributed by atoms with Crippen LogP contribution in [0.4, 0.5) is 16.0 Å². The summed E-state index contributed by atoms with van der Waals surface area (Å²) in [7, 11) is 1.60. The SMILES string of the molecule is COc1cccc(NC(=O)[C@H]2CCCN(c3ncc(-c4ccc(F)cc4)cn3)C2)c1. The minimum absolute atomic E-state index is 0.0177. The zero-order valence-corrected chi connectivity index (χ0v) is 16.7. The van der Waals surface area contributed by atoms with Gasteiger partial charge < -0.3 is 15.0 Å². The Morgan fingerprint density at radius 1 is 1.13 bits per heavy atom. The molecule has 0 saturated carbocycles. The lowest BCUT2D eigenvalue weighted by atomic mass is 9.97. The fourth-order valence-electron chi connectivity index (χ4n) is 3.59. The molecule has 2 heterocycles. The smallest absolute Gasteiger partial charge is 0.229 e. The van der Waals surface area contributed by atoms with Crippen LogP contribution < -0.4 is 15.0 Å². The van der Waals surface area contributed by atoms with Gasteiger partial charge in [-0.05, 0) is 42.7 Å². The Hall–Kier alpha value is -3.48. The summed E-state index contributed by atoms with van der Waals surface area (Å²) in [4.78, 5) is 23.7. The minimum Gasteiger partial charge on any atom is -0.497 e. The van der Waals surface area contributed by atoms with Gasteiger partial charge in [-0.1, -0.05) is 18.2 Å². The fourth-order valence-corrected chi connectivity index (χ4v) is 3.59. The lowest BCUT2D eigenvalue weighted by Crippen LogP contribution is -2.41. The number of rotatable bonds is 5. The van der Waals surface area contributed by atoms with Crippen molar-refractivity contribution in [1.29, 1.82) is 0 Å². The second-order valence-electron chi connectivity index (χ2n) is 7.29. The van der Waals surface area contributed by atoms with Crippen molar-refractivity contribution in [1.82, 2.24) is 9.97 Å². The van der Waals surface area contributed by atoms with Crippen LogP contribution in [0.5, 0.6) is 5.75 Å². The van der Waals surface area contributed by atoms with Crippen molar-refractivity contribution in [3.05, 3.63) is 66.7 Å². The number of carbonyl (C=O) groups is 1. The Morgan fingerprint density at radius 2 is 1.90 bits per heavy atom. The van der Waals surface area contributed by atoms with Crippen molar-refractivity contribution in [2.45, 2.75) is 12.8 Å². The average molecular weight is 406 g/mol. The maximum atomic E-state index is 13.1. The van der Waals surface area contributed by atoms with Gasteiger partial charge in [-0.15, -0.1) is 0 Å². The molecule has 2 aromatic carbocycles. The van der Waals surface area contributed by atoms with Crippen LogP contribution in [0.2, 0.25) is 0 Å². The van der Waals surface area contributed by atoms with E-state index >= 15 is 0 Å². The number of piperidine rings is 1. The second-order valence-corrected chi connectivity index (χ2v) is 7.29. The van der Waals surface area contributed by atoms with E-state index in [0.717, 1.165) is 36.2 Å². The summed E-state index contributed by atoms with van der Waals surface area (Å²) in [6.45, 7) is 1.37. The number of carbonyl (C=O) groups excluding carboxylic acids is 1. The Bertz CT molecular complexity index is 1010. The van der Waals surface area contributed by atoms with E-state index in [4.69, 9.17) is 4.74 Å². The van der Waals surface area contributed by atoms with Crippen molar-refractivity contribution in [2.24, 2.45) is 5.92 Å². The van der Waals surface area contributed by atoms with Crippen LogP contribution in [0.15, 0.2) is 60.9 Å². The first-order valence-corrected chi connectivity index (χ1v) is 9.90. The molecule has 3 aromatic rings. The summed E-state index contributed by atoms with van der Waals surface area (Å²) in [5, 5.41) is 2.98. The molecule has 1 saturated heterocycles. The molecule has 0 unspecified atom stereocenters. The molecule has 154 valence electrons. The van der Waals surface area contributed by atoms with Gasteiger partial charge in [0.15, 0.2) is 0 Å². The van der Waals surface area contributed by atoms with Crippen LogP contribution in [0.25, 0.3) is 11.1 Å². The number of amides is 1. The van der Waals surface area contributed by atoms with Crippen LogP contribution >= 0.6 is 0 Å². The summed E-state index contributed by atoms with van der Waals surface area (Å²) in [6.07, 6.45) is 5.17. The lowest BCUT2D eigenvalue weighted by molar-refractivity contribution is -0.120. The van der Waals surface area contributed by atoms with Crippen molar-refractivity contribution in [2.75, 3.05) is 30.4 Å². The summed E-state index contributed by atoms with van der Waals surface area (Å²) >= 11 is 0. The Balaban J connectivity index is 1.41. The first kappa shape index (κ1) is 19.8. The molecule has 1 fully saturated rings. The molecule has 7 heteroatoms. The topological polar surface area (TPSA) is 67.3 Å². The quantitative estimate of drug-likeness (QED) is 0.690. The first-order chi connectivity index (χ1) is 14.6. The largest absolute Gasteiger partial charge is 0.497 e. The van der Waals surface area contributed by atoms with E-state index in [1.165, 1.54) is 12.1 Å². The minimum atomic E-state index is -0.275. The van der Waals surface area contributed by atoms with Gasteiger partial charge in [-0.3, -0.25) is 4.79 Å². The average Bonchev–Trinajstić information content (AvgIpc) is 2.80. The first-order valence-electron chi connectivity index (χ1n) is 9.90. The van der Waals surface area contributed by atoms with E-state index in [1.807, 2.05) is 23.1 Å². The van der Waals surface area contributed by atoms with Gasteiger partial charge in [0.2, 0.25) is 11.9 Å². The summed E-state index contributed by atoms with van der Waals surface area (Å²) in [5.41, 5.74) is 2.40. The van der Waals surface area contributed by atoms with E-state index < -0.39 is 0 Å². The summed E-state index contributed by atoms with van der Waals surface area (Å²) in [5.74, 6) is 0.858. The van der Waals surface area contributed by atoms with E-state index in [1.54, 1.807) is 37.7 Å².